The maximum Gasteiger partial charge on any atom is 0.242 e. The van der Waals surface area contributed by atoms with Crippen LogP contribution < -0.4 is 10.6 Å². The first kappa shape index (κ1) is 25.1. The van der Waals surface area contributed by atoms with Crippen LogP contribution in [0, 0.1) is 0 Å². The summed E-state index contributed by atoms with van der Waals surface area (Å²) in [6.45, 7) is 1.14. The fourth-order valence-corrected chi connectivity index (χ4v) is 4.64. The van der Waals surface area contributed by atoms with E-state index in [1.165, 1.54) is 0 Å². The van der Waals surface area contributed by atoms with Crippen LogP contribution in [0.4, 0.5) is 0 Å². The van der Waals surface area contributed by atoms with Crippen molar-refractivity contribution in [3.63, 3.8) is 0 Å². The van der Waals surface area contributed by atoms with Crippen molar-refractivity contribution >= 4 is 58.2 Å². The molecule has 0 radical (unpaired) electrons. The topological polar surface area (TPSA) is 61.4 Å². The molecule has 3 rings (SSSR count). The number of amides is 2. The molecule has 0 spiro atoms. The summed E-state index contributed by atoms with van der Waals surface area (Å²) in [7, 11) is 3.84. The predicted octanol–water partition coefficient (Wildman–Crippen LogP) is 4.74. The molecule has 1 atom stereocenters. The van der Waals surface area contributed by atoms with E-state index < -0.39 is 11.5 Å². The van der Waals surface area contributed by atoms with E-state index in [2.05, 4.69) is 10.6 Å². The molecule has 2 aromatic carbocycles. The number of halogens is 4. The van der Waals surface area contributed by atoms with Crippen molar-refractivity contribution in [2.24, 2.45) is 0 Å². The van der Waals surface area contributed by atoms with Crippen LogP contribution in [0.1, 0.15) is 24.0 Å². The smallest absolute Gasteiger partial charge is 0.242 e. The van der Waals surface area contributed by atoms with Gasteiger partial charge in [0.2, 0.25) is 11.8 Å². The highest BCUT2D eigenvalue weighted by atomic mass is 35.5. The van der Waals surface area contributed by atoms with Crippen molar-refractivity contribution in [2.75, 3.05) is 27.2 Å². The van der Waals surface area contributed by atoms with Gasteiger partial charge in [-0.05, 0) is 62.3 Å². The predicted molar refractivity (Wildman–Crippen MR) is 131 cm³/mol. The Morgan fingerprint density at radius 1 is 1.00 bits per heavy atom. The Morgan fingerprint density at radius 2 is 1.62 bits per heavy atom. The molecule has 0 bridgehead atoms. The number of rotatable bonds is 9. The largest absolute Gasteiger partial charge is 0.353 e. The first-order valence-corrected chi connectivity index (χ1v) is 11.8. The minimum atomic E-state index is -0.799. The number of carbonyl (C=O) groups is 2. The fourth-order valence-electron chi connectivity index (χ4n) is 3.56. The third-order valence-corrected chi connectivity index (χ3v) is 6.69. The summed E-state index contributed by atoms with van der Waals surface area (Å²) in [4.78, 5) is 28.3. The van der Waals surface area contributed by atoms with Crippen LogP contribution in [0.25, 0.3) is 0 Å². The van der Waals surface area contributed by atoms with E-state index in [0.717, 1.165) is 11.1 Å². The number of nitrogens with zero attached hydrogens (tertiary/aromatic N) is 1. The quantitative estimate of drug-likeness (QED) is 0.506. The maximum atomic E-state index is 13.3. The van der Waals surface area contributed by atoms with E-state index in [1.807, 2.05) is 19.0 Å². The second-order valence-electron chi connectivity index (χ2n) is 8.27. The van der Waals surface area contributed by atoms with Gasteiger partial charge in [-0.25, -0.2) is 0 Å². The Bertz CT molecular complexity index is 1010. The molecule has 1 fully saturated rings. The van der Waals surface area contributed by atoms with Gasteiger partial charge in [-0.3, -0.25) is 9.59 Å². The van der Waals surface area contributed by atoms with Crippen LogP contribution >= 0.6 is 46.4 Å². The molecule has 1 aliphatic carbocycles. The zero-order valence-corrected chi connectivity index (χ0v) is 20.9. The SMILES string of the molecule is CN(C)CCNC(=O)[C@H](Cc1ccc(Cl)cc1Cl)NC(=O)C1(c2ccc(Cl)cc2Cl)CC1. The average molecular weight is 517 g/mol. The summed E-state index contributed by atoms with van der Waals surface area (Å²) in [6.07, 6.45) is 1.54. The van der Waals surface area contributed by atoms with Crippen molar-refractivity contribution in [2.45, 2.75) is 30.7 Å². The third-order valence-electron chi connectivity index (χ3n) is 5.55. The van der Waals surface area contributed by atoms with Gasteiger partial charge in [0.05, 0.1) is 5.41 Å². The molecule has 32 heavy (non-hydrogen) atoms. The zero-order chi connectivity index (χ0) is 23.5. The Balaban J connectivity index is 1.80. The maximum absolute atomic E-state index is 13.3. The van der Waals surface area contributed by atoms with Gasteiger partial charge in [-0.1, -0.05) is 58.5 Å². The van der Waals surface area contributed by atoms with Crippen molar-refractivity contribution in [3.8, 4) is 0 Å². The Hall–Kier alpha value is -1.50. The van der Waals surface area contributed by atoms with E-state index >= 15 is 0 Å². The van der Waals surface area contributed by atoms with Gasteiger partial charge in [0.15, 0.2) is 0 Å². The van der Waals surface area contributed by atoms with E-state index in [9.17, 15) is 9.59 Å². The second kappa shape index (κ2) is 10.6. The lowest BCUT2D eigenvalue weighted by Gasteiger charge is -2.24. The van der Waals surface area contributed by atoms with E-state index in [4.69, 9.17) is 46.4 Å². The summed E-state index contributed by atoms with van der Waals surface area (Å²) < 4.78 is 0. The van der Waals surface area contributed by atoms with Crippen molar-refractivity contribution < 1.29 is 9.59 Å². The summed E-state index contributed by atoms with van der Waals surface area (Å²) in [5, 5.41) is 7.73. The summed E-state index contributed by atoms with van der Waals surface area (Å²) >= 11 is 24.7. The van der Waals surface area contributed by atoms with Gasteiger partial charge >= 0.3 is 0 Å². The van der Waals surface area contributed by atoms with Gasteiger partial charge in [0.25, 0.3) is 0 Å². The van der Waals surface area contributed by atoms with Crippen LogP contribution in [0.3, 0.4) is 0 Å². The monoisotopic (exact) mass is 515 g/mol. The van der Waals surface area contributed by atoms with Crippen molar-refractivity contribution in [1.82, 2.24) is 15.5 Å². The van der Waals surface area contributed by atoms with E-state index in [0.29, 0.717) is 46.0 Å². The Morgan fingerprint density at radius 3 is 2.19 bits per heavy atom. The Labute approximate surface area is 208 Å². The molecule has 0 aliphatic heterocycles. The molecular weight excluding hydrogens is 492 g/mol. The lowest BCUT2D eigenvalue weighted by atomic mass is 9.94. The molecule has 0 unspecified atom stereocenters. The van der Waals surface area contributed by atoms with Crippen LogP contribution in [0.15, 0.2) is 36.4 Å². The number of hydrogen-bond donors (Lipinski definition) is 2. The number of benzene rings is 2. The molecule has 5 nitrogen and oxygen atoms in total. The molecule has 2 amide bonds. The molecule has 172 valence electrons. The molecule has 1 saturated carbocycles. The van der Waals surface area contributed by atoms with Gasteiger partial charge in [-0.15, -0.1) is 0 Å². The molecule has 2 N–H and O–H groups in total. The minimum Gasteiger partial charge on any atom is -0.353 e. The minimum absolute atomic E-state index is 0.236. The summed E-state index contributed by atoms with van der Waals surface area (Å²) in [5.74, 6) is -0.510. The van der Waals surface area contributed by atoms with Gasteiger partial charge in [0, 0.05) is 39.6 Å². The molecule has 1 aliphatic rings. The molecule has 9 heteroatoms. The number of carbonyl (C=O) groups excluding carboxylic acids is 2. The van der Waals surface area contributed by atoms with Crippen molar-refractivity contribution in [3.05, 3.63) is 67.6 Å². The molecule has 0 saturated heterocycles. The number of likely N-dealkylation sites (N-methyl/N-ethyl adjacent to an activating group) is 1. The van der Waals surface area contributed by atoms with E-state index in [1.54, 1.807) is 36.4 Å². The first-order chi connectivity index (χ1) is 15.1. The van der Waals surface area contributed by atoms with Crippen LogP contribution in [-0.2, 0) is 21.4 Å². The lowest BCUT2D eigenvalue weighted by Crippen LogP contribution is -2.51. The zero-order valence-electron chi connectivity index (χ0n) is 17.9. The summed E-state index contributed by atoms with van der Waals surface area (Å²) in [6, 6.07) is 9.42. The Kier molecular flexibility index (Phi) is 8.34. The molecular formula is C23H25Cl4N3O2. The highest BCUT2D eigenvalue weighted by Gasteiger charge is 2.53. The van der Waals surface area contributed by atoms with Gasteiger partial charge < -0.3 is 15.5 Å². The average Bonchev–Trinajstić information content (AvgIpc) is 3.50. The fraction of sp³-hybridized carbons (Fsp3) is 0.391. The summed E-state index contributed by atoms with van der Waals surface area (Å²) in [5.41, 5.74) is 0.684. The third kappa shape index (κ3) is 6.09. The standard InChI is InChI=1S/C23H25Cl4N3O2/c1-30(2)10-9-28-21(31)20(11-14-3-4-15(24)12-18(14)26)29-22(32)23(7-8-23)17-6-5-16(25)13-19(17)27/h3-6,12-13,20H,7-11H2,1-2H3,(H,28,31)(H,29,32)/t20-/m0/s1. The second-order valence-corrected chi connectivity index (χ2v) is 9.95. The molecule has 0 aromatic heterocycles. The molecule has 2 aromatic rings. The van der Waals surface area contributed by atoms with E-state index in [-0.39, 0.29) is 18.2 Å². The lowest BCUT2D eigenvalue weighted by molar-refractivity contribution is -0.130. The van der Waals surface area contributed by atoms with Crippen LogP contribution in [-0.4, -0.2) is 49.9 Å². The van der Waals surface area contributed by atoms with Crippen LogP contribution in [0.5, 0.6) is 0 Å². The van der Waals surface area contributed by atoms with Crippen molar-refractivity contribution in [1.29, 1.82) is 0 Å². The highest BCUT2D eigenvalue weighted by molar-refractivity contribution is 6.35. The first-order valence-electron chi connectivity index (χ1n) is 10.3. The van der Waals surface area contributed by atoms with Gasteiger partial charge in [-0.2, -0.15) is 0 Å². The van der Waals surface area contributed by atoms with Crippen LogP contribution in [0.2, 0.25) is 20.1 Å². The van der Waals surface area contributed by atoms with Gasteiger partial charge in [0.1, 0.15) is 6.04 Å². The normalized spacial score (nSPS) is 15.3. The number of hydrogen-bond acceptors (Lipinski definition) is 3. The number of nitrogens with one attached hydrogen (secondary N) is 2. The highest BCUT2D eigenvalue weighted by Crippen LogP contribution is 2.51. The molecule has 0 heterocycles.